The molecule has 0 saturated carbocycles. The van der Waals surface area contributed by atoms with Crippen molar-refractivity contribution in [3.8, 4) is 0 Å². The number of carbonyl (C=O) groups excluding carboxylic acids is 1. The first-order chi connectivity index (χ1) is 8.69. The Bertz CT molecular complexity index is 554. The van der Waals surface area contributed by atoms with E-state index in [1.807, 2.05) is 30.5 Å². The largest absolute Gasteiger partial charge is 0.322 e. The summed E-state index contributed by atoms with van der Waals surface area (Å²) in [6.45, 7) is 0. The van der Waals surface area contributed by atoms with Gasteiger partial charge in [-0.1, -0.05) is 17.7 Å². The molecule has 0 unspecified atom stereocenters. The maximum absolute atomic E-state index is 12.0. The van der Waals surface area contributed by atoms with Crippen molar-refractivity contribution in [2.45, 2.75) is 4.90 Å². The van der Waals surface area contributed by atoms with Crippen LogP contribution in [0.4, 0.5) is 5.69 Å². The number of amides is 1. The molecular formula is C14H12ClNOS. The van der Waals surface area contributed by atoms with Crippen LogP contribution in [-0.2, 0) is 0 Å². The van der Waals surface area contributed by atoms with Gasteiger partial charge in [0.15, 0.2) is 0 Å². The van der Waals surface area contributed by atoms with Crippen LogP contribution in [0.3, 0.4) is 0 Å². The molecule has 1 amide bonds. The maximum atomic E-state index is 12.0. The smallest absolute Gasteiger partial charge is 0.255 e. The summed E-state index contributed by atoms with van der Waals surface area (Å²) in [5, 5.41) is 3.41. The van der Waals surface area contributed by atoms with Crippen molar-refractivity contribution in [3.05, 3.63) is 59.1 Å². The van der Waals surface area contributed by atoms with Gasteiger partial charge in [-0.05, 0) is 48.7 Å². The van der Waals surface area contributed by atoms with Crippen LogP contribution in [0, 0.1) is 0 Å². The summed E-state index contributed by atoms with van der Waals surface area (Å²) in [5.41, 5.74) is 1.33. The van der Waals surface area contributed by atoms with E-state index in [1.54, 1.807) is 36.0 Å². The Labute approximate surface area is 115 Å². The molecule has 0 aliphatic rings. The molecule has 0 aliphatic carbocycles. The van der Waals surface area contributed by atoms with Gasteiger partial charge in [-0.15, -0.1) is 11.8 Å². The highest BCUT2D eigenvalue weighted by Gasteiger charge is 2.05. The van der Waals surface area contributed by atoms with Crippen molar-refractivity contribution in [1.29, 1.82) is 0 Å². The minimum atomic E-state index is -0.134. The number of thioether (sulfide) groups is 1. The zero-order valence-electron chi connectivity index (χ0n) is 9.81. The van der Waals surface area contributed by atoms with Gasteiger partial charge in [0.25, 0.3) is 5.91 Å². The fraction of sp³-hybridized carbons (Fsp3) is 0.0714. The molecule has 0 saturated heterocycles. The van der Waals surface area contributed by atoms with Gasteiger partial charge < -0.3 is 5.32 Å². The number of nitrogens with one attached hydrogen (secondary N) is 1. The summed E-state index contributed by atoms with van der Waals surface area (Å²) in [5.74, 6) is -0.134. The van der Waals surface area contributed by atoms with Crippen molar-refractivity contribution < 1.29 is 4.79 Å². The number of hydrogen-bond acceptors (Lipinski definition) is 2. The number of halogens is 1. The molecule has 0 atom stereocenters. The molecule has 2 aromatic rings. The van der Waals surface area contributed by atoms with Crippen LogP contribution in [0.1, 0.15) is 10.4 Å². The average molecular weight is 278 g/mol. The summed E-state index contributed by atoms with van der Waals surface area (Å²) >= 11 is 7.51. The zero-order valence-corrected chi connectivity index (χ0v) is 11.4. The first kappa shape index (κ1) is 13.0. The number of anilines is 1. The Hall–Kier alpha value is -1.45. The summed E-state index contributed by atoms with van der Waals surface area (Å²) in [6, 6.07) is 14.6. The van der Waals surface area contributed by atoms with Crippen LogP contribution in [0.15, 0.2) is 53.4 Å². The molecule has 2 nitrogen and oxygen atoms in total. The molecule has 1 N–H and O–H groups in total. The van der Waals surface area contributed by atoms with Gasteiger partial charge in [0, 0.05) is 21.2 Å². The van der Waals surface area contributed by atoms with Crippen molar-refractivity contribution in [2.75, 3.05) is 11.6 Å². The highest BCUT2D eigenvalue weighted by Crippen LogP contribution is 2.18. The lowest BCUT2D eigenvalue weighted by molar-refractivity contribution is 0.102. The van der Waals surface area contributed by atoms with E-state index in [-0.39, 0.29) is 5.91 Å². The highest BCUT2D eigenvalue weighted by molar-refractivity contribution is 7.98. The van der Waals surface area contributed by atoms with E-state index in [0.717, 1.165) is 4.90 Å². The standard InChI is InChI=1S/C14H12ClNOS/c1-18-13-7-5-10(6-8-13)14(17)16-12-4-2-3-11(15)9-12/h2-9H,1H3,(H,16,17). The van der Waals surface area contributed by atoms with Crippen molar-refractivity contribution in [3.63, 3.8) is 0 Å². The molecule has 18 heavy (non-hydrogen) atoms. The molecule has 92 valence electrons. The molecule has 0 aliphatic heterocycles. The monoisotopic (exact) mass is 277 g/mol. The number of carbonyl (C=O) groups is 1. The van der Waals surface area contributed by atoms with Gasteiger partial charge in [0.05, 0.1) is 0 Å². The van der Waals surface area contributed by atoms with Crippen LogP contribution >= 0.6 is 23.4 Å². The number of benzene rings is 2. The maximum Gasteiger partial charge on any atom is 0.255 e. The van der Waals surface area contributed by atoms with Crippen LogP contribution in [0.5, 0.6) is 0 Å². The van der Waals surface area contributed by atoms with E-state index >= 15 is 0 Å². The van der Waals surface area contributed by atoms with Gasteiger partial charge in [-0.25, -0.2) is 0 Å². The van der Waals surface area contributed by atoms with Gasteiger partial charge in [-0.3, -0.25) is 4.79 Å². The van der Waals surface area contributed by atoms with E-state index in [0.29, 0.717) is 16.3 Å². The summed E-state index contributed by atoms with van der Waals surface area (Å²) in [4.78, 5) is 13.1. The number of rotatable bonds is 3. The van der Waals surface area contributed by atoms with E-state index < -0.39 is 0 Å². The topological polar surface area (TPSA) is 29.1 Å². The Kier molecular flexibility index (Phi) is 4.28. The minimum absolute atomic E-state index is 0.134. The fourth-order valence-corrected chi connectivity index (χ4v) is 2.11. The second-order valence-electron chi connectivity index (χ2n) is 3.69. The molecule has 0 heterocycles. The molecule has 0 fully saturated rings. The third-order valence-electron chi connectivity index (χ3n) is 2.43. The van der Waals surface area contributed by atoms with Gasteiger partial charge in [0.1, 0.15) is 0 Å². The lowest BCUT2D eigenvalue weighted by atomic mass is 10.2. The Morgan fingerprint density at radius 1 is 1.17 bits per heavy atom. The Morgan fingerprint density at radius 2 is 1.89 bits per heavy atom. The minimum Gasteiger partial charge on any atom is -0.322 e. The predicted molar refractivity (Wildman–Crippen MR) is 77.6 cm³/mol. The molecule has 0 radical (unpaired) electrons. The van der Waals surface area contributed by atoms with Crippen LogP contribution in [0.25, 0.3) is 0 Å². The van der Waals surface area contributed by atoms with Gasteiger partial charge in [0.2, 0.25) is 0 Å². The highest BCUT2D eigenvalue weighted by atomic mass is 35.5. The van der Waals surface area contributed by atoms with E-state index in [4.69, 9.17) is 11.6 Å². The van der Waals surface area contributed by atoms with Crippen LogP contribution in [-0.4, -0.2) is 12.2 Å². The third-order valence-corrected chi connectivity index (χ3v) is 3.41. The van der Waals surface area contributed by atoms with Crippen LogP contribution in [0.2, 0.25) is 5.02 Å². The van der Waals surface area contributed by atoms with Crippen molar-refractivity contribution in [1.82, 2.24) is 0 Å². The van der Waals surface area contributed by atoms with E-state index in [2.05, 4.69) is 5.32 Å². The molecule has 0 spiro atoms. The Balaban J connectivity index is 2.11. The normalized spacial score (nSPS) is 10.1. The summed E-state index contributed by atoms with van der Waals surface area (Å²) in [7, 11) is 0. The van der Waals surface area contributed by atoms with Gasteiger partial charge >= 0.3 is 0 Å². The van der Waals surface area contributed by atoms with Gasteiger partial charge in [-0.2, -0.15) is 0 Å². The first-order valence-electron chi connectivity index (χ1n) is 5.40. The average Bonchev–Trinajstić information content (AvgIpc) is 2.39. The molecule has 2 rings (SSSR count). The summed E-state index contributed by atoms with van der Waals surface area (Å²) < 4.78 is 0. The second-order valence-corrected chi connectivity index (χ2v) is 5.01. The third kappa shape index (κ3) is 3.28. The quantitative estimate of drug-likeness (QED) is 0.847. The van der Waals surface area contributed by atoms with Crippen LogP contribution < -0.4 is 5.32 Å². The first-order valence-corrected chi connectivity index (χ1v) is 7.00. The fourth-order valence-electron chi connectivity index (χ4n) is 1.51. The Morgan fingerprint density at radius 3 is 2.50 bits per heavy atom. The number of hydrogen-bond donors (Lipinski definition) is 1. The predicted octanol–water partition coefficient (Wildman–Crippen LogP) is 4.31. The summed E-state index contributed by atoms with van der Waals surface area (Å²) in [6.07, 6.45) is 2.00. The molecule has 2 aromatic carbocycles. The lowest BCUT2D eigenvalue weighted by Crippen LogP contribution is -2.11. The van der Waals surface area contributed by atoms with Crippen molar-refractivity contribution >= 4 is 35.0 Å². The second kappa shape index (κ2) is 5.94. The molecule has 4 heteroatoms. The molecule has 0 aromatic heterocycles. The zero-order chi connectivity index (χ0) is 13.0. The lowest BCUT2D eigenvalue weighted by Gasteiger charge is -2.06. The SMILES string of the molecule is CSc1ccc(C(=O)Nc2cccc(Cl)c2)cc1. The van der Waals surface area contributed by atoms with E-state index in [1.165, 1.54) is 0 Å². The van der Waals surface area contributed by atoms with E-state index in [9.17, 15) is 4.79 Å². The molecular weight excluding hydrogens is 266 g/mol. The van der Waals surface area contributed by atoms with Crippen molar-refractivity contribution in [2.24, 2.45) is 0 Å². The molecule has 0 bridgehead atoms.